The molecule has 0 spiro atoms. The van der Waals surface area contributed by atoms with Gasteiger partial charge in [-0.3, -0.25) is 4.79 Å². The number of carbonyl (C=O) groups is 1. The highest BCUT2D eigenvalue weighted by Crippen LogP contribution is 2.19. The van der Waals surface area contributed by atoms with Crippen LogP contribution in [0, 0.1) is 0 Å². The first kappa shape index (κ1) is 21.0. The average molecular weight is 375 g/mol. The Morgan fingerprint density at radius 1 is 1.21 bits per heavy atom. The predicted octanol–water partition coefficient (Wildman–Crippen LogP) is 3.39. The second-order valence-electron chi connectivity index (χ2n) is 6.33. The molecule has 1 aromatic heterocycles. The Kier molecular flexibility index (Phi) is 9.41. The van der Waals surface area contributed by atoms with Crippen molar-refractivity contribution in [2.24, 2.45) is 0 Å². The third-order valence-electron chi connectivity index (χ3n) is 4.59. The fourth-order valence-corrected chi connectivity index (χ4v) is 3.30. The van der Waals surface area contributed by atoms with Gasteiger partial charge in [0, 0.05) is 25.6 Å². The number of hydrogen-bond donors (Lipinski definition) is 2. The maximum absolute atomic E-state index is 12.0. The minimum atomic E-state index is 0. The molecule has 1 unspecified atom stereocenters. The molecule has 1 amide bonds. The highest BCUT2D eigenvalue weighted by molar-refractivity contribution is 5.90. The Morgan fingerprint density at radius 3 is 2.62 bits per heavy atom. The van der Waals surface area contributed by atoms with Crippen molar-refractivity contribution < 1.29 is 4.79 Å². The first-order chi connectivity index (χ1) is 10.8. The van der Waals surface area contributed by atoms with Crippen LogP contribution in [0.25, 0.3) is 0 Å². The first-order valence-corrected chi connectivity index (χ1v) is 8.55. The summed E-state index contributed by atoms with van der Waals surface area (Å²) >= 11 is 0. The molecular weight excluding hydrogens is 347 g/mol. The topological polar surface area (TPSA) is 57.3 Å². The maximum Gasteiger partial charge on any atom is 0.224 e. The molecule has 2 aliphatic heterocycles. The number of piperidine rings is 1. The smallest absolute Gasteiger partial charge is 0.224 e. The summed E-state index contributed by atoms with van der Waals surface area (Å²) in [6, 6.07) is 4.49. The number of aromatic nitrogens is 1. The minimum Gasteiger partial charge on any atom is -0.357 e. The molecule has 0 saturated carbocycles. The number of hydrogen-bond acceptors (Lipinski definition) is 4. The third-order valence-corrected chi connectivity index (χ3v) is 4.59. The van der Waals surface area contributed by atoms with E-state index in [0.29, 0.717) is 12.5 Å². The lowest BCUT2D eigenvalue weighted by atomic mass is 10.1. The van der Waals surface area contributed by atoms with Gasteiger partial charge in [-0.25, -0.2) is 4.98 Å². The molecule has 2 N–H and O–H groups in total. The van der Waals surface area contributed by atoms with Crippen LogP contribution in [0.4, 0.5) is 11.5 Å². The molecule has 136 valence electrons. The number of pyridine rings is 1. The van der Waals surface area contributed by atoms with Gasteiger partial charge in [0.25, 0.3) is 0 Å². The van der Waals surface area contributed by atoms with Crippen LogP contribution in [0.1, 0.15) is 44.9 Å². The average Bonchev–Trinajstić information content (AvgIpc) is 3.08. The predicted molar refractivity (Wildman–Crippen MR) is 104 cm³/mol. The zero-order valence-corrected chi connectivity index (χ0v) is 15.6. The van der Waals surface area contributed by atoms with Crippen molar-refractivity contribution in [3.63, 3.8) is 0 Å². The molecule has 2 saturated heterocycles. The Balaban J connectivity index is 0.00000144. The first-order valence-electron chi connectivity index (χ1n) is 8.55. The minimum absolute atomic E-state index is 0. The van der Waals surface area contributed by atoms with Crippen LogP contribution in [0.2, 0.25) is 0 Å². The van der Waals surface area contributed by atoms with Crippen LogP contribution in [0.5, 0.6) is 0 Å². The second kappa shape index (κ2) is 10.7. The zero-order chi connectivity index (χ0) is 15.2. The highest BCUT2D eigenvalue weighted by Gasteiger charge is 2.15. The van der Waals surface area contributed by atoms with E-state index < -0.39 is 0 Å². The maximum atomic E-state index is 12.0. The van der Waals surface area contributed by atoms with Gasteiger partial charge >= 0.3 is 0 Å². The molecule has 3 heterocycles. The van der Waals surface area contributed by atoms with E-state index in [1.807, 2.05) is 12.1 Å². The standard InChI is InChI=1S/C17H26N4O.2ClH/c22-17(9-7-14-5-4-10-18-14)20-15-6-8-16(19-13-15)21-11-2-1-3-12-21;;/h6,8,13-14,18H,1-5,7,9-12H2,(H,20,22);2*1H. The number of halogens is 2. The molecule has 24 heavy (non-hydrogen) atoms. The SMILES string of the molecule is Cl.Cl.O=C(CCC1CCCN1)Nc1ccc(N2CCCCC2)nc1. The van der Waals surface area contributed by atoms with Crippen molar-refractivity contribution in [3.05, 3.63) is 18.3 Å². The quantitative estimate of drug-likeness (QED) is 0.829. The van der Waals surface area contributed by atoms with E-state index in [9.17, 15) is 4.79 Å². The van der Waals surface area contributed by atoms with Gasteiger partial charge < -0.3 is 15.5 Å². The normalized spacial score (nSPS) is 20.0. The Bertz CT molecular complexity index is 486. The number of anilines is 2. The van der Waals surface area contributed by atoms with Gasteiger partial charge in [0.05, 0.1) is 11.9 Å². The summed E-state index contributed by atoms with van der Waals surface area (Å²) in [4.78, 5) is 18.8. The third kappa shape index (κ3) is 6.11. The van der Waals surface area contributed by atoms with E-state index in [1.54, 1.807) is 6.20 Å². The van der Waals surface area contributed by atoms with Crippen LogP contribution in [0.15, 0.2) is 18.3 Å². The monoisotopic (exact) mass is 374 g/mol. The van der Waals surface area contributed by atoms with Crippen molar-refractivity contribution in [3.8, 4) is 0 Å². The van der Waals surface area contributed by atoms with E-state index in [0.717, 1.165) is 37.6 Å². The van der Waals surface area contributed by atoms with Crippen LogP contribution < -0.4 is 15.5 Å². The lowest BCUT2D eigenvalue weighted by Gasteiger charge is -2.27. The number of carbonyl (C=O) groups excluding carboxylic acids is 1. The van der Waals surface area contributed by atoms with Gasteiger partial charge in [-0.1, -0.05) is 0 Å². The van der Waals surface area contributed by atoms with Gasteiger partial charge in [-0.2, -0.15) is 0 Å². The van der Waals surface area contributed by atoms with Crippen molar-refractivity contribution in [1.29, 1.82) is 0 Å². The van der Waals surface area contributed by atoms with E-state index in [4.69, 9.17) is 0 Å². The summed E-state index contributed by atoms with van der Waals surface area (Å²) in [5.74, 6) is 1.11. The molecule has 7 heteroatoms. The van der Waals surface area contributed by atoms with Crippen LogP contribution in [-0.4, -0.2) is 36.6 Å². The number of amides is 1. The molecular formula is C17H28Cl2N4O. The number of nitrogens with one attached hydrogen (secondary N) is 2. The van der Waals surface area contributed by atoms with E-state index in [1.165, 1.54) is 32.1 Å². The summed E-state index contributed by atoms with van der Waals surface area (Å²) in [7, 11) is 0. The Hall–Kier alpha value is -1.04. The Morgan fingerprint density at radius 2 is 2.00 bits per heavy atom. The fourth-order valence-electron chi connectivity index (χ4n) is 3.30. The van der Waals surface area contributed by atoms with Gasteiger partial charge in [0.15, 0.2) is 0 Å². The lowest BCUT2D eigenvalue weighted by molar-refractivity contribution is -0.116. The van der Waals surface area contributed by atoms with Crippen LogP contribution >= 0.6 is 24.8 Å². The van der Waals surface area contributed by atoms with Crippen molar-refractivity contribution in [2.75, 3.05) is 29.9 Å². The number of rotatable bonds is 5. The fraction of sp³-hybridized carbons (Fsp3) is 0.647. The summed E-state index contributed by atoms with van der Waals surface area (Å²) in [6.07, 6.45) is 9.51. The molecule has 2 aliphatic rings. The summed E-state index contributed by atoms with van der Waals surface area (Å²) in [5, 5.41) is 6.37. The van der Waals surface area contributed by atoms with Gasteiger partial charge in [0.1, 0.15) is 5.82 Å². The summed E-state index contributed by atoms with van der Waals surface area (Å²) in [6.45, 7) is 3.27. The second-order valence-corrected chi connectivity index (χ2v) is 6.33. The lowest BCUT2D eigenvalue weighted by Crippen LogP contribution is -2.30. The van der Waals surface area contributed by atoms with E-state index >= 15 is 0 Å². The molecule has 0 radical (unpaired) electrons. The summed E-state index contributed by atoms with van der Waals surface area (Å²) in [5.41, 5.74) is 0.796. The zero-order valence-electron chi connectivity index (χ0n) is 14.0. The molecule has 1 aromatic rings. The van der Waals surface area contributed by atoms with Crippen molar-refractivity contribution in [1.82, 2.24) is 10.3 Å². The molecule has 5 nitrogen and oxygen atoms in total. The molecule has 0 bridgehead atoms. The molecule has 0 aliphatic carbocycles. The molecule has 2 fully saturated rings. The Labute approximate surface area is 156 Å². The van der Waals surface area contributed by atoms with Crippen molar-refractivity contribution >= 4 is 42.2 Å². The molecule has 3 rings (SSSR count). The summed E-state index contributed by atoms with van der Waals surface area (Å²) < 4.78 is 0. The van der Waals surface area contributed by atoms with Crippen LogP contribution in [-0.2, 0) is 4.79 Å². The van der Waals surface area contributed by atoms with E-state index in [2.05, 4.69) is 20.5 Å². The largest absolute Gasteiger partial charge is 0.357 e. The highest BCUT2D eigenvalue weighted by atomic mass is 35.5. The van der Waals surface area contributed by atoms with Crippen molar-refractivity contribution in [2.45, 2.75) is 51.0 Å². The van der Waals surface area contributed by atoms with Gasteiger partial charge in [-0.05, 0) is 57.2 Å². The van der Waals surface area contributed by atoms with E-state index in [-0.39, 0.29) is 30.7 Å². The van der Waals surface area contributed by atoms with Gasteiger partial charge in [-0.15, -0.1) is 24.8 Å². The molecule has 0 aromatic carbocycles. The molecule has 1 atom stereocenters. The van der Waals surface area contributed by atoms with Gasteiger partial charge in [0.2, 0.25) is 5.91 Å². The van der Waals surface area contributed by atoms with Crippen LogP contribution in [0.3, 0.4) is 0 Å². The number of nitrogens with zero attached hydrogens (tertiary/aromatic N) is 2.